The van der Waals surface area contributed by atoms with Gasteiger partial charge >= 0.3 is 12.1 Å². The van der Waals surface area contributed by atoms with Crippen LogP contribution >= 0.6 is 15.9 Å². The van der Waals surface area contributed by atoms with E-state index in [0.717, 1.165) is 55.5 Å². The Labute approximate surface area is 184 Å². The van der Waals surface area contributed by atoms with Gasteiger partial charge in [0.05, 0.1) is 7.11 Å². The summed E-state index contributed by atoms with van der Waals surface area (Å²) >= 11 is 3.64. The Hall–Kier alpha value is -1.28. The number of hydrogen-bond donors (Lipinski definition) is 1. The monoisotopic (exact) mass is 490 g/mol. The fourth-order valence-corrected chi connectivity index (χ4v) is 5.06. The molecule has 8 heteroatoms. The molecule has 3 rings (SSSR count). The van der Waals surface area contributed by atoms with Crippen LogP contribution in [0.4, 0.5) is 13.2 Å². The zero-order valence-corrected chi connectivity index (χ0v) is 18.9. The number of nitrogens with zero attached hydrogens (tertiary/aromatic N) is 1. The molecule has 0 bridgehead atoms. The molecule has 1 saturated heterocycles. The summed E-state index contributed by atoms with van der Waals surface area (Å²) in [6.07, 6.45) is 1.54. The number of amides is 1. The van der Waals surface area contributed by atoms with Crippen LogP contribution in [0.25, 0.3) is 0 Å². The van der Waals surface area contributed by atoms with E-state index in [1.807, 2.05) is 12.1 Å². The highest BCUT2D eigenvalue weighted by atomic mass is 79.9. The van der Waals surface area contributed by atoms with Gasteiger partial charge in [-0.05, 0) is 93.6 Å². The van der Waals surface area contributed by atoms with E-state index in [-0.39, 0.29) is 6.04 Å². The lowest BCUT2D eigenvalue weighted by Crippen LogP contribution is -2.44. The third-order valence-corrected chi connectivity index (χ3v) is 7.20. The molecule has 1 saturated carbocycles. The lowest BCUT2D eigenvalue weighted by atomic mass is 9.84. The number of rotatable bonds is 7. The highest BCUT2D eigenvalue weighted by Crippen LogP contribution is 2.31. The average molecular weight is 491 g/mol. The van der Waals surface area contributed by atoms with Crippen molar-refractivity contribution in [2.45, 2.75) is 57.2 Å². The van der Waals surface area contributed by atoms with Crippen molar-refractivity contribution in [1.29, 1.82) is 0 Å². The maximum absolute atomic E-state index is 12.4. The average Bonchev–Trinajstić information content (AvgIpc) is 3.16. The molecule has 1 atom stereocenters. The molecule has 1 unspecified atom stereocenters. The Morgan fingerprint density at radius 2 is 1.93 bits per heavy atom. The summed E-state index contributed by atoms with van der Waals surface area (Å²) in [5.74, 6) is 0.235. The number of hydrogen-bond acceptors (Lipinski definition) is 3. The largest absolute Gasteiger partial charge is 0.497 e. The standard InChI is InChI=1S/C22H30BrF3N2O2/c1-30-19-6-7-20(23)17(13-19)12-16-9-11-28(14-16)10-8-15-2-4-18(5-3-15)27-21(29)22(24,25)26/h6-7,13,15-16,18H,2-5,8-12,14H2,1H3,(H,27,29). The van der Waals surface area contributed by atoms with Crippen LogP contribution in [0.15, 0.2) is 22.7 Å². The van der Waals surface area contributed by atoms with Crippen LogP contribution in [0.1, 0.15) is 44.1 Å². The van der Waals surface area contributed by atoms with Gasteiger partial charge in [-0.2, -0.15) is 13.2 Å². The van der Waals surface area contributed by atoms with Crippen molar-refractivity contribution in [2.75, 3.05) is 26.7 Å². The number of benzene rings is 1. The minimum atomic E-state index is -4.79. The molecule has 30 heavy (non-hydrogen) atoms. The molecular weight excluding hydrogens is 461 g/mol. The van der Waals surface area contributed by atoms with E-state index in [0.29, 0.717) is 24.7 Å². The predicted octanol–water partition coefficient (Wildman–Crippen LogP) is 4.95. The van der Waals surface area contributed by atoms with E-state index in [1.54, 1.807) is 7.11 Å². The second kappa shape index (κ2) is 10.4. The zero-order valence-electron chi connectivity index (χ0n) is 17.3. The highest BCUT2D eigenvalue weighted by molar-refractivity contribution is 9.10. The van der Waals surface area contributed by atoms with Gasteiger partial charge in [0.25, 0.3) is 0 Å². The molecule has 1 aliphatic carbocycles. The molecule has 1 N–H and O–H groups in total. The number of likely N-dealkylation sites (tertiary alicyclic amines) is 1. The summed E-state index contributed by atoms with van der Waals surface area (Å²) in [4.78, 5) is 13.6. The van der Waals surface area contributed by atoms with Crippen LogP contribution < -0.4 is 10.1 Å². The van der Waals surface area contributed by atoms with Gasteiger partial charge in [-0.15, -0.1) is 0 Å². The van der Waals surface area contributed by atoms with Gasteiger partial charge in [0.2, 0.25) is 0 Å². The summed E-state index contributed by atoms with van der Waals surface area (Å²) < 4.78 is 43.6. The molecule has 4 nitrogen and oxygen atoms in total. The minimum Gasteiger partial charge on any atom is -0.497 e. The molecular formula is C22H30BrF3N2O2. The predicted molar refractivity (Wildman–Crippen MR) is 114 cm³/mol. The third kappa shape index (κ3) is 6.61. The Morgan fingerprint density at radius 3 is 2.60 bits per heavy atom. The van der Waals surface area contributed by atoms with Crippen molar-refractivity contribution >= 4 is 21.8 Å². The van der Waals surface area contributed by atoms with Crippen molar-refractivity contribution in [3.63, 3.8) is 0 Å². The summed E-state index contributed by atoms with van der Waals surface area (Å²) in [5, 5.41) is 2.13. The van der Waals surface area contributed by atoms with Gasteiger partial charge in [0.15, 0.2) is 0 Å². The topological polar surface area (TPSA) is 41.6 Å². The van der Waals surface area contributed by atoms with E-state index >= 15 is 0 Å². The Morgan fingerprint density at radius 1 is 1.20 bits per heavy atom. The quantitative estimate of drug-likeness (QED) is 0.587. The zero-order chi connectivity index (χ0) is 21.7. The molecule has 1 aliphatic heterocycles. The maximum atomic E-state index is 12.4. The van der Waals surface area contributed by atoms with E-state index in [4.69, 9.17) is 4.74 Å². The summed E-state index contributed by atoms with van der Waals surface area (Å²) in [6, 6.07) is 5.75. The summed E-state index contributed by atoms with van der Waals surface area (Å²) in [5.41, 5.74) is 1.28. The van der Waals surface area contributed by atoms with E-state index in [9.17, 15) is 18.0 Å². The van der Waals surface area contributed by atoms with E-state index < -0.39 is 12.1 Å². The molecule has 168 valence electrons. The van der Waals surface area contributed by atoms with Crippen LogP contribution in [0.2, 0.25) is 0 Å². The molecule has 2 fully saturated rings. The fraction of sp³-hybridized carbons (Fsp3) is 0.682. The van der Waals surface area contributed by atoms with Crippen LogP contribution in [-0.4, -0.2) is 49.8 Å². The van der Waals surface area contributed by atoms with Gasteiger partial charge in [0, 0.05) is 17.1 Å². The number of methoxy groups -OCH3 is 1. The van der Waals surface area contributed by atoms with Crippen molar-refractivity contribution in [3.8, 4) is 5.75 Å². The SMILES string of the molecule is COc1ccc(Br)c(CC2CCN(CCC3CCC(NC(=O)C(F)(F)F)CC3)C2)c1. The van der Waals surface area contributed by atoms with Gasteiger partial charge < -0.3 is 15.0 Å². The van der Waals surface area contributed by atoms with Gasteiger partial charge in [0.1, 0.15) is 5.75 Å². The molecule has 1 amide bonds. The molecule has 0 radical (unpaired) electrons. The van der Waals surface area contributed by atoms with Gasteiger partial charge in [-0.25, -0.2) is 0 Å². The summed E-state index contributed by atoms with van der Waals surface area (Å²) in [7, 11) is 1.68. The third-order valence-electron chi connectivity index (χ3n) is 6.42. The number of halogens is 4. The minimum absolute atomic E-state index is 0.340. The molecule has 2 aliphatic rings. The fourth-order valence-electron chi connectivity index (χ4n) is 4.66. The number of carbonyl (C=O) groups excluding carboxylic acids is 1. The number of carbonyl (C=O) groups is 1. The van der Waals surface area contributed by atoms with Gasteiger partial charge in [-0.1, -0.05) is 15.9 Å². The first-order valence-corrected chi connectivity index (χ1v) is 11.5. The first-order chi connectivity index (χ1) is 14.2. The Balaban J connectivity index is 1.37. The lowest BCUT2D eigenvalue weighted by Gasteiger charge is -2.30. The Kier molecular flexibility index (Phi) is 8.07. The van der Waals surface area contributed by atoms with E-state index in [2.05, 4.69) is 32.2 Å². The molecule has 0 aromatic heterocycles. The smallest absolute Gasteiger partial charge is 0.471 e. The number of alkyl halides is 3. The van der Waals surface area contributed by atoms with Crippen LogP contribution in [0.3, 0.4) is 0 Å². The van der Waals surface area contributed by atoms with Crippen molar-refractivity contribution < 1.29 is 22.7 Å². The van der Waals surface area contributed by atoms with Crippen LogP contribution in [0, 0.1) is 11.8 Å². The second-order valence-corrected chi connectivity index (χ2v) is 9.45. The number of ether oxygens (including phenoxy) is 1. The lowest BCUT2D eigenvalue weighted by molar-refractivity contribution is -0.174. The number of nitrogens with one attached hydrogen (secondary N) is 1. The van der Waals surface area contributed by atoms with Crippen molar-refractivity contribution in [1.82, 2.24) is 10.2 Å². The second-order valence-electron chi connectivity index (χ2n) is 8.59. The summed E-state index contributed by atoms with van der Waals surface area (Å²) in [6.45, 7) is 3.23. The maximum Gasteiger partial charge on any atom is 0.471 e. The molecule has 0 spiro atoms. The molecule has 1 heterocycles. The molecule has 1 aromatic rings. The highest BCUT2D eigenvalue weighted by Gasteiger charge is 2.40. The van der Waals surface area contributed by atoms with Crippen LogP contribution in [0.5, 0.6) is 5.75 Å². The van der Waals surface area contributed by atoms with E-state index in [1.165, 1.54) is 12.0 Å². The van der Waals surface area contributed by atoms with Crippen molar-refractivity contribution in [2.24, 2.45) is 11.8 Å². The van der Waals surface area contributed by atoms with Crippen LogP contribution in [-0.2, 0) is 11.2 Å². The first kappa shape index (κ1) is 23.4. The van der Waals surface area contributed by atoms with Gasteiger partial charge in [-0.3, -0.25) is 4.79 Å². The Bertz CT molecular complexity index is 721. The first-order valence-electron chi connectivity index (χ1n) is 10.7. The van der Waals surface area contributed by atoms with Crippen molar-refractivity contribution in [3.05, 3.63) is 28.2 Å². The molecule has 1 aromatic carbocycles. The normalized spacial score (nSPS) is 25.3.